The van der Waals surface area contributed by atoms with E-state index in [2.05, 4.69) is 4.72 Å². The van der Waals surface area contributed by atoms with E-state index in [9.17, 15) is 22.8 Å². The SMILES string of the molecule is CC(C)[C@H](NS(=O)(=O)/C=C/c1ccccc1)C(=O)OCC(=O)NC(N)=O. The number of hydrogen-bond donors (Lipinski definition) is 3. The lowest BCUT2D eigenvalue weighted by Gasteiger charge is -2.19. The van der Waals surface area contributed by atoms with E-state index in [0.29, 0.717) is 5.56 Å². The molecular weight excluding hydrogens is 362 g/mol. The maximum atomic E-state index is 12.2. The zero-order chi connectivity index (χ0) is 19.7. The van der Waals surface area contributed by atoms with E-state index in [0.717, 1.165) is 5.41 Å². The highest BCUT2D eigenvalue weighted by Crippen LogP contribution is 2.08. The van der Waals surface area contributed by atoms with Crippen molar-refractivity contribution in [3.8, 4) is 0 Å². The van der Waals surface area contributed by atoms with Gasteiger partial charge in [-0.25, -0.2) is 13.2 Å². The van der Waals surface area contributed by atoms with E-state index in [1.807, 2.05) is 0 Å². The zero-order valence-corrected chi connectivity index (χ0v) is 15.2. The van der Waals surface area contributed by atoms with Crippen LogP contribution < -0.4 is 15.8 Å². The number of ether oxygens (including phenoxy) is 1. The first-order valence-electron chi connectivity index (χ1n) is 7.62. The smallest absolute Gasteiger partial charge is 0.324 e. The summed E-state index contributed by atoms with van der Waals surface area (Å²) >= 11 is 0. The topological polar surface area (TPSA) is 145 Å². The van der Waals surface area contributed by atoms with Crippen LogP contribution in [0.3, 0.4) is 0 Å². The minimum atomic E-state index is -3.93. The van der Waals surface area contributed by atoms with Gasteiger partial charge in [0.2, 0.25) is 10.0 Å². The molecule has 0 aromatic heterocycles. The number of hydrogen-bond acceptors (Lipinski definition) is 6. The molecule has 0 radical (unpaired) electrons. The van der Waals surface area contributed by atoms with Gasteiger partial charge in [0.05, 0.1) is 0 Å². The molecule has 1 atom stereocenters. The summed E-state index contributed by atoms with van der Waals surface area (Å²) in [5.41, 5.74) is 5.43. The van der Waals surface area contributed by atoms with E-state index >= 15 is 0 Å². The lowest BCUT2D eigenvalue weighted by Crippen LogP contribution is -2.46. The Morgan fingerprint density at radius 2 is 1.81 bits per heavy atom. The highest BCUT2D eigenvalue weighted by atomic mass is 32.2. The van der Waals surface area contributed by atoms with E-state index in [4.69, 9.17) is 10.5 Å². The van der Waals surface area contributed by atoms with E-state index in [1.165, 1.54) is 6.08 Å². The van der Waals surface area contributed by atoms with Crippen molar-refractivity contribution in [3.05, 3.63) is 41.3 Å². The van der Waals surface area contributed by atoms with Gasteiger partial charge in [-0.1, -0.05) is 44.2 Å². The third kappa shape index (κ3) is 7.90. The Morgan fingerprint density at radius 1 is 1.19 bits per heavy atom. The fraction of sp³-hybridized carbons (Fsp3) is 0.312. The molecule has 1 aromatic carbocycles. The molecule has 4 N–H and O–H groups in total. The summed E-state index contributed by atoms with van der Waals surface area (Å²) in [4.78, 5) is 33.8. The molecule has 10 heteroatoms. The summed E-state index contributed by atoms with van der Waals surface area (Å²) < 4.78 is 31.3. The summed E-state index contributed by atoms with van der Waals surface area (Å²) in [6.45, 7) is 2.46. The second kappa shape index (κ2) is 9.68. The van der Waals surface area contributed by atoms with Crippen LogP contribution >= 0.6 is 0 Å². The largest absolute Gasteiger partial charge is 0.454 e. The van der Waals surface area contributed by atoms with Gasteiger partial charge in [0, 0.05) is 5.41 Å². The van der Waals surface area contributed by atoms with Crippen molar-refractivity contribution >= 4 is 34.0 Å². The lowest BCUT2D eigenvalue weighted by molar-refractivity contribution is -0.150. The molecular formula is C16H21N3O6S. The van der Waals surface area contributed by atoms with Crippen LogP contribution in [-0.4, -0.2) is 39.0 Å². The monoisotopic (exact) mass is 383 g/mol. The molecule has 26 heavy (non-hydrogen) atoms. The predicted molar refractivity (Wildman–Crippen MR) is 94.8 cm³/mol. The number of nitrogens with two attached hydrogens (primary N) is 1. The van der Waals surface area contributed by atoms with Crippen LogP contribution in [0.5, 0.6) is 0 Å². The summed E-state index contributed by atoms with van der Waals surface area (Å²) in [5.74, 6) is -2.31. The molecule has 142 valence electrons. The van der Waals surface area contributed by atoms with Crippen molar-refractivity contribution in [2.24, 2.45) is 11.7 Å². The number of esters is 1. The fourth-order valence-corrected chi connectivity index (χ4v) is 2.94. The van der Waals surface area contributed by atoms with Gasteiger partial charge in [-0.2, -0.15) is 4.72 Å². The first-order chi connectivity index (χ1) is 12.1. The average molecular weight is 383 g/mol. The Balaban J connectivity index is 2.74. The van der Waals surface area contributed by atoms with Gasteiger partial charge < -0.3 is 10.5 Å². The van der Waals surface area contributed by atoms with Gasteiger partial charge in [0.1, 0.15) is 6.04 Å². The Kier molecular flexibility index (Phi) is 7.94. The van der Waals surface area contributed by atoms with Crippen LogP contribution in [0, 0.1) is 5.92 Å². The van der Waals surface area contributed by atoms with Gasteiger partial charge in [0.15, 0.2) is 6.61 Å². The number of benzene rings is 1. The number of primary amides is 1. The van der Waals surface area contributed by atoms with Crippen LogP contribution in [0.15, 0.2) is 35.7 Å². The van der Waals surface area contributed by atoms with Crippen LogP contribution in [0.4, 0.5) is 4.79 Å². The van der Waals surface area contributed by atoms with Gasteiger partial charge in [-0.05, 0) is 17.6 Å². The second-order valence-corrected chi connectivity index (χ2v) is 7.22. The fourth-order valence-electron chi connectivity index (χ4n) is 1.80. The Bertz CT molecular complexity index is 774. The minimum absolute atomic E-state index is 0.443. The molecule has 0 aliphatic heterocycles. The summed E-state index contributed by atoms with van der Waals surface area (Å²) in [6.07, 6.45) is 1.38. The normalized spacial score (nSPS) is 12.7. The van der Waals surface area contributed by atoms with Crippen molar-refractivity contribution in [1.29, 1.82) is 0 Å². The summed E-state index contributed by atoms with van der Waals surface area (Å²) in [5, 5.41) is 2.66. The molecule has 0 saturated heterocycles. The number of imide groups is 1. The molecule has 1 aromatic rings. The van der Waals surface area contributed by atoms with Gasteiger partial charge in [-0.3, -0.25) is 14.9 Å². The summed E-state index contributed by atoms with van der Waals surface area (Å²) in [7, 11) is -3.93. The molecule has 0 heterocycles. The Morgan fingerprint density at radius 3 is 2.35 bits per heavy atom. The number of carbonyl (C=O) groups is 3. The number of rotatable bonds is 8. The first-order valence-corrected chi connectivity index (χ1v) is 9.16. The van der Waals surface area contributed by atoms with Crippen LogP contribution in [-0.2, 0) is 24.3 Å². The Hall–Kier alpha value is -2.72. The van der Waals surface area contributed by atoms with Crippen LogP contribution in [0.1, 0.15) is 19.4 Å². The first kappa shape index (κ1) is 21.3. The molecule has 0 saturated carbocycles. The third-order valence-electron chi connectivity index (χ3n) is 3.06. The molecule has 9 nitrogen and oxygen atoms in total. The number of carbonyl (C=O) groups excluding carboxylic acids is 3. The van der Waals surface area contributed by atoms with Gasteiger partial charge in [-0.15, -0.1) is 0 Å². The summed E-state index contributed by atoms with van der Waals surface area (Å²) in [6, 6.07) is 6.45. The molecule has 3 amide bonds. The molecule has 0 fully saturated rings. The highest BCUT2D eigenvalue weighted by Gasteiger charge is 2.28. The maximum absolute atomic E-state index is 12.2. The molecule has 0 aliphatic carbocycles. The van der Waals surface area contributed by atoms with E-state index in [1.54, 1.807) is 49.5 Å². The van der Waals surface area contributed by atoms with Crippen molar-refractivity contribution in [1.82, 2.24) is 10.0 Å². The molecule has 0 aliphatic rings. The minimum Gasteiger partial charge on any atom is -0.454 e. The van der Waals surface area contributed by atoms with Crippen molar-refractivity contribution in [3.63, 3.8) is 0 Å². The standard InChI is InChI=1S/C16H21N3O6S/c1-11(2)14(15(21)25-10-13(20)18-16(17)22)19-26(23,24)9-8-12-6-4-3-5-7-12/h3-9,11,14,19H,10H2,1-2H3,(H3,17,18,20,22)/b9-8+/t14-/m0/s1. The lowest BCUT2D eigenvalue weighted by atomic mass is 10.1. The number of sulfonamides is 1. The molecule has 0 unspecified atom stereocenters. The van der Waals surface area contributed by atoms with Crippen molar-refractivity contribution in [2.45, 2.75) is 19.9 Å². The van der Waals surface area contributed by atoms with Gasteiger partial charge in [0.25, 0.3) is 5.91 Å². The number of nitrogens with one attached hydrogen (secondary N) is 2. The van der Waals surface area contributed by atoms with Crippen molar-refractivity contribution < 1.29 is 27.5 Å². The third-order valence-corrected chi connectivity index (χ3v) is 4.14. The molecule has 0 bridgehead atoms. The molecule has 1 rings (SSSR count). The second-order valence-electron chi connectivity index (χ2n) is 5.62. The number of amides is 3. The van der Waals surface area contributed by atoms with Crippen molar-refractivity contribution in [2.75, 3.05) is 6.61 Å². The van der Waals surface area contributed by atoms with Crippen LogP contribution in [0.2, 0.25) is 0 Å². The number of urea groups is 1. The quantitative estimate of drug-likeness (QED) is 0.552. The average Bonchev–Trinajstić information content (AvgIpc) is 2.56. The molecule has 0 spiro atoms. The zero-order valence-electron chi connectivity index (χ0n) is 14.3. The predicted octanol–water partition coefficient (Wildman–Crippen LogP) is 0.339. The van der Waals surface area contributed by atoms with Gasteiger partial charge >= 0.3 is 12.0 Å². The van der Waals surface area contributed by atoms with Crippen LogP contribution in [0.25, 0.3) is 6.08 Å². The van der Waals surface area contributed by atoms with E-state index in [-0.39, 0.29) is 0 Å². The highest BCUT2D eigenvalue weighted by molar-refractivity contribution is 7.92. The Labute approximate surface area is 151 Å². The maximum Gasteiger partial charge on any atom is 0.324 e. The van der Waals surface area contributed by atoms with E-state index < -0.39 is 46.5 Å².